The number of hydrogen-bond acceptors (Lipinski definition) is 6. The van der Waals surface area contributed by atoms with E-state index in [1.165, 1.54) is 19.2 Å². The summed E-state index contributed by atoms with van der Waals surface area (Å²) in [6, 6.07) is 17.1. The van der Waals surface area contributed by atoms with Crippen molar-refractivity contribution in [3.8, 4) is 17.1 Å². The summed E-state index contributed by atoms with van der Waals surface area (Å²) in [6.45, 7) is 0. The fourth-order valence-corrected chi connectivity index (χ4v) is 3.39. The third kappa shape index (κ3) is 3.88. The molecular formula is C22H15ClN4O5. The molecule has 9 nitrogen and oxygen atoms in total. The second-order valence-electron chi connectivity index (χ2n) is 6.69. The molecule has 0 bridgehead atoms. The number of nitro benzene ring substituents is 1. The van der Waals surface area contributed by atoms with E-state index in [1.807, 2.05) is 0 Å². The summed E-state index contributed by atoms with van der Waals surface area (Å²) in [4.78, 5) is 41.3. The van der Waals surface area contributed by atoms with Crippen LogP contribution in [0.5, 0.6) is 5.75 Å². The van der Waals surface area contributed by atoms with Gasteiger partial charge in [0.15, 0.2) is 11.6 Å². The van der Waals surface area contributed by atoms with E-state index >= 15 is 0 Å². The Balaban J connectivity index is 1.85. The number of carbonyl (C=O) groups excluding carboxylic acids is 1. The molecule has 0 spiro atoms. The Hall–Kier alpha value is -4.24. The average Bonchev–Trinajstić information content (AvgIpc) is 2.80. The summed E-state index contributed by atoms with van der Waals surface area (Å²) in [5, 5.41) is 12.0. The molecule has 0 aliphatic heterocycles. The molecule has 4 aromatic rings. The molecule has 0 saturated carbocycles. The summed E-state index contributed by atoms with van der Waals surface area (Å²) in [6.07, 6.45) is 0. The van der Waals surface area contributed by atoms with Crippen LogP contribution in [0.4, 0.5) is 5.69 Å². The van der Waals surface area contributed by atoms with E-state index in [2.05, 4.69) is 10.4 Å². The molecule has 32 heavy (non-hydrogen) atoms. The van der Waals surface area contributed by atoms with Gasteiger partial charge in [-0.1, -0.05) is 35.9 Å². The van der Waals surface area contributed by atoms with Gasteiger partial charge in [-0.2, -0.15) is 4.68 Å². The number of hydrogen-bond donors (Lipinski definition) is 1. The van der Waals surface area contributed by atoms with Crippen molar-refractivity contribution < 1.29 is 14.5 Å². The zero-order valence-electron chi connectivity index (χ0n) is 16.6. The maximum Gasteiger partial charge on any atom is 0.311 e. The van der Waals surface area contributed by atoms with Crippen LogP contribution in [-0.2, 0) is 0 Å². The van der Waals surface area contributed by atoms with E-state index in [-0.39, 0.29) is 22.8 Å². The van der Waals surface area contributed by atoms with E-state index in [1.54, 1.807) is 48.5 Å². The molecule has 1 heterocycles. The Kier molecular flexibility index (Phi) is 5.57. The zero-order chi connectivity index (χ0) is 22.8. The quantitative estimate of drug-likeness (QED) is 0.362. The highest BCUT2D eigenvalue weighted by molar-refractivity contribution is 6.30. The van der Waals surface area contributed by atoms with Crippen molar-refractivity contribution in [3.63, 3.8) is 0 Å². The molecule has 3 aromatic carbocycles. The van der Waals surface area contributed by atoms with Gasteiger partial charge < -0.3 is 4.74 Å². The van der Waals surface area contributed by atoms with Crippen LogP contribution < -0.4 is 15.7 Å². The van der Waals surface area contributed by atoms with Crippen molar-refractivity contribution >= 4 is 34.1 Å². The number of fused-ring (bicyclic) bond motifs is 1. The molecule has 160 valence electrons. The van der Waals surface area contributed by atoms with Crippen LogP contribution in [0.2, 0.25) is 5.02 Å². The zero-order valence-corrected chi connectivity index (χ0v) is 17.4. The molecule has 0 aliphatic rings. The monoisotopic (exact) mass is 450 g/mol. The summed E-state index contributed by atoms with van der Waals surface area (Å²) in [7, 11) is 1.29. The van der Waals surface area contributed by atoms with Gasteiger partial charge in [-0.15, -0.1) is 0 Å². The number of para-hydroxylation sites is 1. The van der Waals surface area contributed by atoms with Gasteiger partial charge in [0.25, 0.3) is 11.5 Å². The Morgan fingerprint density at radius 2 is 1.91 bits per heavy atom. The molecule has 1 amide bonds. The second-order valence-corrected chi connectivity index (χ2v) is 7.12. The van der Waals surface area contributed by atoms with Gasteiger partial charge in [-0.05, 0) is 36.4 Å². The molecule has 4 rings (SSSR count). The highest BCUT2D eigenvalue weighted by Gasteiger charge is 2.20. The van der Waals surface area contributed by atoms with Gasteiger partial charge in [-0.3, -0.25) is 25.1 Å². The van der Waals surface area contributed by atoms with Gasteiger partial charge in [-0.25, -0.2) is 4.98 Å². The Labute approximate surface area is 186 Å². The average molecular weight is 451 g/mol. The minimum atomic E-state index is -0.738. The van der Waals surface area contributed by atoms with E-state index in [0.717, 1.165) is 10.7 Å². The van der Waals surface area contributed by atoms with Crippen molar-refractivity contribution in [1.29, 1.82) is 0 Å². The van der Waals surface area contributed by atoms with Gasteiger partial charge in [0.2, 0.25) is 0 Å². The van der Waals surface area contributed by atoms with Gasteiger partial charge in [0.1, 0.15) is 0 Å². The number of nitrogens with zero attached hydrogens (tertiary/aromatic N) is 3. The van der Waals surface area contributed by atoms with Crippen LogP contribution in [0.25, 0.3) is 22.3 Å². The summed E-state index contributed by atoms with van der Waals surface area (Å²) in [5.41, 5.74) is 2.53. The standard InChI is InChI=1S/C22H15ClN4O5/c1-32-19-10-9-14(12-18(19)27(30)31)21(28)25-26-20(13-5-4-6-15(23)11-13)24-17-8-3-2-7-16(17)22(26)29/h2-12H,1H3,(H,25,28). The van der Waals surface area contributed by atoms with Gasteiger partial charge in [0.05, 0.1) is 22.9 Å². The number of ether oxygens (including phenoxy) is 1. The Morgan fingerprint density at radius 1 is 1.12 bits per heavy atom. The first kappa shape index (κ1) is 21.0. The van der Waals surface area contributed by atoms with Crippen LogP contribution in [0.15, 0.2) is 71.5 Å². The maximum atomic E-state index is 13.2. The normalized spacial score (nSPS) is 10.7. The first-order chi connectivity index (χ1) is 15.4. The molecule has 1 N–H and O–H groups in total. The molecule has 0 atom stereocenters. The number of halogens is 1. The minimum Gasteiger partial charge on any atom is -0.490 e. The molecule has 0 unspecified atom stereocenters. The lowest BCUT2D eigenvalue weighted by molar-refractivity contribution is -0.385. The lowest BCUT2D eigenvalue weighted by atomic mass is 10.1. The van der Waals surface area contributed by atoms with Crippen molar-refractivity contribution in [1.82, 2.24) is 9.66 Å². The topological polar surface area (TPSA) is 116 Å². The Morgan fingerprint density at radius 3 is 2.62 bits per heavy atom. The third-order valence-electron chi connectivity index (χ3n) is 4.71. The largest absolute Gasteiger partial charge is 0.490 e. The van der Waals surface area contributed by atoms with Crippen molar-refractivity contribution in [2.45, 2.75) is 0 Å². The molecular weight excluding hydrogens is 436 g/mol. The Bertz CT molecular complexity index is 1430. The van der Waals surface area contributed by atoms with E-state index < -0.39 is 16.4 Å². The van der Waals surface area contributed by atoms with Gasteiger partial charge in [0, 0.05) is 22.2 Å². The SMILES string of the molecule is COc1ccc(C(=O)Nn2c(-c3cccc(Cl)c3)nc3ccccc3c2=O)cc1[N+](=O)[O-]. The molecule has 1 aromatic heterocycles. The number of methoxy groups -OCH3 is 1. The third-order valence-corrected chi connectivity index (χ3v) is 4.94. The lowest BCUT2D eigenvalue weighted by Crippen LogP contribution is -2.35. The molecule has 10 heteroatoms. The van der Waals surface area contributed by atoms with Crippen LogP contribution in [-0.4, -0.2) is 27.6 Å². The highest BCUT2D eigenvalue weighted by Crippen LogP contribution is 2.28. The fraction of sp³-hybridized carbons (Fsp3) is 0.0455. The maximum absolute atomic E-state index is 13.2. The predicted molar refractivity (Wildman–Crippen MR) is 120 cm³/mol. The fourth-order valence-electron chi connectivity index (χ4n) is 3.20. The number of nitrogens with one attached hydrogen (secondary N) is 1. The van der Waals surface area contributed by atoms with Crippen molar-refractivity contribution in [2.24, 2.45) is 0 Å². The van der Waals surface area contributed by atoms with Crippen LogP contribution >= 0.6 is 11.6 Å². The molecule has 0 radical (unpaired) electrons. The van der Waals surface area contributed by atoms with Crippen molar-refractivity contribution in [3.05, 3.63) is 97.8 Å². The van der Waals surface area contributed by atoms with E-state index in [0.29, 0.717) is 21.5 Å². The summed E-state index contributed by atoms with van der Waals surface area (Å²) < 4.78 is 5.97. The smallest absolute Gasteiger partial charge is 0.311 e. The minimum absolute atomic E-state index is 0.00991. The number of carbonyl (C=O) groups is 1. The number of benzene rings is 3. The molecule has 0 saturated heterocycles. The highest BCUT2D eigenvalue weighted by atomic mass is 35.5. The van der Waals surface area contributed by atoms with Gasteiger partial charge >= 0.3 is 5.69 Å². The van der Waals surface area contributed by atoms with E-state index in [4.69, 9.17) is 16.3 Å². The number of amides is 1. The summed E-state index contributed by atoms with van der Waals surface area (Å²) in [5.74, 6) is -0.568. The number of nitro groups is 1. The van der Waals surface area contributed by atoms with Crippen LogP contribution in [0, 0.1) is 10.1 Å². The predicted octanol–water partition coefficient (Wildman–Crippen LogP) is 4.02. The van der Waals surface area contributed by atoms with Crippen LogP contribution in [0.1, 0.15) is 10.4 Å². The second kappa shape index (κ2) is 8.48. The first-order valence-corrected chi connectivity index (χ1v) is 9.68. The molecule has 0 fully saturated rings. The lowest BCUT2D eigenvalue weighted by Gasteiger charge is -2.15. The van der Waals surface area contributed by atoms with E-state index in [9.17, 15) is 19.7 Å². The molecule has 0 aliphatic carbocycles. The number of rotatable bonds is 5. The first-order valence-electron chi connectivity index (χ1n) is 9.30. The van der Waals surface area contributed by atoms with Crippen LogP contribution in [0.3, 0.4) is 0 Å². The number of aromatic nitrogens is 2. The van der Waals surface area contributed by atoms with Crippen molar-refractivity contribution in [2.75, 3.05) is 12.5 Å². The summed E-state index contributed by atoms with van der Waals surface area (Å²) >= 11 is 6.10.